The van der Waals surface area contributed by atoms with Gasteiger partial charge >= 0.3 is 0 Å². The second-order valence-electron chi connectivity index (χ2n) is 3.70. The van der Waals surface area contributed by atoms with Crippen LogP contribution in [0.25, 0.3) is 11.3 Å². The molecule has 1 aliphatic heterocycles. The number of benzene rings is 1. The second-order valence-corrected chi connectivity index (χ2v) is 3.70. The van der Waals surface area contributed by atoms with Gasteiger partial charge in [0.05, 0.1) is 11.3 Å². The van der Waals surface area contributed by atoms with Crippen LogP contribution in [0.4, 0.5) is 11.5 Å². The number of phenols is 1. The van der Waals surface area contributed by atoms with Gasteiger partial charge in [0, 0.05) is 12.6 Å². The lowest BCUT2D eigenvalue weighted by atomic mass is 9.98. The number of nitrogens with one attached hydrogen (secondary N) is 1. The summed E-state index contributed by atoms with van der Waals surface area (Å²) in [5.41, 5.74) is 8.76. The van der Waals surface area contributed by atoms with Crippen LogP contribution in [0.2, 0.25) is 0 Å². The fourth-order valence-corrected chi connectivity index (χ4v) is 1.92. The Morgan fingerprint density at radius 1 is 1.31 bits per heavy atom. The van der Waals surface area contributed by atoms with Crippen LogP contribution in [0, 0.1) is 0 Å². The minimum atomic E-state index is 0.222. The lowest BCUT2D eigenvalue weighted by Gasteiger charge is -2.20. The van der Waals surface area contributed by atoms with Gasteiger partial charge in [-0.15, -0.1) is 10.2 Å². The molecule has 4 N–H and O–H groups in total. The van der Waals surface area contributed by atoms with E-state index in [0.29, 0.717) is 18.1 Å². The molecule has 0 spiro atoms. The number of nitrogens with zero attached hydrogens (tertiary/aromatic N) is 2. The van der Waals surface area contributed by atoms with Gasteiger partial charge in [-0.2, -0.15) is 0 Å². The van der Waals surface area contributed by atoms with E-state index in [1.807, 2.05) is 12.1 Å². The quantitative estimate of drug-likeness (QED) is 0.616. The fourth-order valence-electron chi connectivity index (χ4n) is 1.92. The van der Waals surface area contributed by atoms with Crippen LogP contribution in [0.15, 0.2) is 24.3 Å². The average molecular weight is 214 g/mol. The Hall–Kier alpha value is -2.30. The second kappa shape index (κ2) is 3.10. The molecule has 2 heterocycles. The van der Waals surface area contributed by atoms with E-state index in [4.69, 9.17) is 5.73 Å². The maximum absolute atomic E-state index is 9.85. The predicted molar refractivity (Wildman–Crippen MR) is 60.9 cm³/mol. The van der Waals surface area contributed by atoms with Crippen molar-refractivity contribution < 1.29 is 5.11 Å². The molecule has 0 unspecified atom stereocenters. The number of phenolic OH excluding ortho intramolecular Hbond substituents is 1. The van der Waals surface area contributed by atoms with Crippen LogP contribution in [0.3, 0.4) is 0 Å². The largest absolute Gasteiger partial charge is 0.507 e. The molecule has 80 valence electrons. The minimum absolute atomic E-state index is 0.222. The van der Waals surface area contributed by atoms with Gasteiger partial charge in [-0.25, -0.2) is 0 Å². The first-order valence-electron chi connectivity index (χ1n) is 4.94. The van der Waals surface area contributed by atoms with Gasteiger partial charge in [0.15, 0.2) is 0 Å². The fraction of sp³-hybridized carbons (Fsp3) is 0.0909. The van der Waals surface area contributed by atoms with E-state index in [9.17, 15) is 5.11 Å². The van der Waals surface area contributed by atoms with Gasteiger partial charge in [0.25, 0.3) is 0 Å². The number of hydrogen-bond acceptors (Lipinski definition) is 5. The van der Waals surface area contributed by atoms with Crippen LogP contribution >= 0.6 is 0 Å². The molecular formula is C11H10N4O. The molecule has 0 atom stereocenters. The molecule has 0 fully saturated rings. The van der Waals surface area contributed by atoms with E-state index < -0.39 is 0 Å². The first-order valence-corrected chi connectivity index (χ1v) is 4.94. The van der Waals surface area contributed by atoms with Crippen molar-refractivity contribution in [2.45, 2.75) is 6.54 Å². The van der Waals surface area contributed by atoms with E-state index in [1.54, 1.807) is 12.1 Å². The molecule has 5 nitrogen and oxygen atoms in total. The predicted octanol–water partition coefficient (Wildman–Crippen LogP) is 1.36. The lowest BCUT2D eigenvalue weighted by molar-refractivity contribution is 0.476. The Labute approximate surface area is 91.9 Å². The minimum Gasteiger partial charge on any atom is -0.507 e. The first-order chi connectivity index (χ1) is 7.75. The van der Waals surface area contributed by atoms with Gasteiger partial charge < -0.3 is 16.2 Å². The molecule has 2 aromatic rings. The molecule has 0 saturated heterocycles. The van der Waals surface area contributed by atoms with Gasteiger partial charge in [-0.3, -0.25) is 0 Å². The zero-order chi connectivity index (χ0) is 11.1. The zero-order valence-electron chi connectivity index (χ0n) is 8.44. The third-order valence-corrected chi connectivity index (χ3v) is 2.65. The van der Waals surface area contributed by atoms with Crippen molar-refractivity contribution in [1.29, 1.82) is 0 Å². The van der Waals surface area contributed by atoms with Gasteiger partial charge in [0.2, 0.25) is 0 Å². The summed E-state index contributed by atoms with van der Waals surface area (Å²) in [6, 6.07) is 7.12. The van der Waals surface area contributed by atoms with Crippen molar-refractivity contribution in [3.63, 3.8) is 0 Å². The number of aromatic hydroxyl groups is 1. The third-order valence-electron chi connectivity index (χ3n) is 2.65. The Balaban J connectivity index is 2.30. The molecule has 0 amide bonds. The SMILES string of the molecule is Nc1cc2c(nn1)-c1c(O)cccc1CN2. The van der Waals surface area contributed by atoms with Gasteiger partial charge in [0.1, 0.15) is 17.3 Å². The van der Waals surface area contributed by atoms with E-state index in [1.165, 1.54) is 0 Å². The van der Waals surface area contributed by atoms with Crippen molar-refractivity contribution in [3.8, 4) is 17.0 Å². The van der Waals surface area contributed by atoms with Crippen LogP contribution in [-0.2, 0) is 6.54 Å². The summed E-state index contributed by atoms with van der Waals surface area (Å²) in [5, 5.41) is 20.9. The average Bonchev–Trinajstić information content (AvgIpc) is 2.29. The molecule has 5 heteroatoms. The molecule has 0 radical (unpaired) electrons. The highest BCUT2D eigenvalue weighted by Gasteiger charge is 2.20. The molecule has 16 heavy (non-hydrogen) atoms. The van der Waals surface area contributed by atoms with Crippen LogP contribution < -0.4 is 11.1 Å². The summed E-state index contributed by atoms with van der Waals surface area (Å²) in [6.07, 6.45) is 0. The normalized spacial score (nSPS) is 12.5. The van der Waals surface area contributed by atoms with Gasteiger partial charge in [-0.05, 0) is 11.6 Å². The summed E-state index contributed by atoms with van der Waals surface area (Å²) < 4.78 is 0. The van der Waals surface area contributed by atoms with Crippen LogP contribution in [0.1, 0.15) is 5.56 Å². The van der Waals surface area contributed by atoms with E-state index in [0.717, 1.165) is 16.8 Å². The van der Waals surface area contributed by atoms with Crippen molar-refractivity contribution in [2.24, 2.45) is 0 Å². The Kier molecular flexibility index (Phi) is 1.73. The van der Waals surface area contributed by atoms with E-state index in [-0.39, 0.29) is 5.75 Å². The number of nitrogen functional groups attached to an aromatic ring is 1. The highest BCUT2D eigenvalue weighted by Crippen LogP contribution is 2.39. The molecule has 1 aromatic carbocycles. The smallest absolute Gasteiger partial charge is 0.148 e. The maximum atomic E-state index is 9.85. The number of nitrogens with two attached hydrogens (primary N) is 1. The molecule has 3 rings (SSSR count). The standard InChI is InChI=1S/C11H10N4O/c12-9-4-7-11(15-14-9)10-6(5-13-7)2-1-3-8(10)16/h1-4,13,16H,5H2,(H2,12,14). The number of rotatable bonds is 0. The third kappa shape index (κ3) is 1.18. The Bertz CT molecular complexity index is 568. The molecule has 1 aliphatic rings. The molecule has 0 saturated carbocycles. The summed E-state index contributed by atoms with van der Waals surface area (Å²) in [5.74, 6) is 0.587. The zero-order valence-corrected chi connectivity index (χ0v) is 8.44. The Morgan fingerprint density at radius 3 is 3.06 bits per heavy atom. The van der Waals surface area contributed by atoms with Crippen molar-refractivity contribution in [2.75, 3.05) is 11.1 Å². The lowest BCUT2D eigenvalue weighted by Crippen LogP contribution is -2.11. The monoisotopic (exact) mass is 214 g/mol. The number of hydrogen-bond donors (Lipinski definition) is 3. The number of anilines is 2. The molecule has 0 bridgehead atoms. The Morgan fingerprint density at radius 2 is 2.19 bits per heavy atom. The summed E-state index contributed by atoms with van der Waals surface area (Å²) in [7, 11) is 0. The summed E-state index contributed by atoms with van der Waals surface area (Å²) in [6.45, 7) is 0.655. The molecule has 0 aliphatic carbocycles. The molecular weight excluding hydrogens is 204 g/mol. The van der Waals surface area contributed by atoms with Crippen molar-refractivity contribution >= 4 is 11.5 Å². The van der Waals surface area contributed by atoms with Crippen molar-refractivity contribution in [3.05, 3.63) is 29.8 Å². The summed E-state index contributed by atoms with van der Waals surface area (Å²) in [4.78, 5) is 0. The maximum Gasteiger partial charge on any atom is 0.148 e. The van der Waals surface area contributed by atoms with E-state index in [2.05, 4.69) is 15.5 Å². The molecule has 1 aromatic heterocycles. The van der Waals surface area contributed by atoms with Crippen molar-refractivity contribution in [1.82, 2.24) is 10.2 Å². The summed E-state index contributed by atoms with van der Waals surface area (Å²) >= 11 is 0. The highest BCUT2D eigenvalue weighted by atomic mass is 16.3. The highest BCUT2D eigenvalue weighted by molar-refractivity contribution is 5.83. The van der Waals surface area contributed by atoms with Crippen LogP contribution in [-0.4, -0.2) is 15.3 Å². The first kappa shape index (κ1) is 8.96. The topological polar surface area (TPSA) is 84.1 Å². The van der Waals surface area contributed by atoms with E-state index >= 15 is 0 Å². The van der Waals surface area contributed by atoms with Crippen LogP contribution in [0.5, 0.6) is 5.75 Å². The number of fused-ring (bicyclic) bond motifs is 3. The number of aromatic nitrogens is 2. The van der Waals surface area contributed by atoms with Gasteiger partial charge in [-0.1, -0.05) is 12.1 Å².